The molecule has 1 unspecified atom stereocenters. The van der Waals surface area contributed by atoms with E-state index >= 15 is 0 Å². The summed E-state index contributed by atoms with van der Waals surface area (Å²) in [4.78, 5) is 0.540. The summed E-state index contributed by atoms with van der Waals surface area (Å²) < 4.78 is 26.1. The fourth-order valence-electron chi connectivity index (χ4n) is 1.82. The molecular formula is C15H23F2NS. The summed E-state index contributed by atoms with van der Waals surface area (Å²) in [6, 6.07) is 4.31. The number of rotatable bonds is 9. The molecule has 1 aromatic carbocycles. The number of unbranched alkanes of at least 4 members (excludes halogenated alkanes) is 1. The van der Waals surface area contributed by atoms with Gasteiger partial charge in [0.15, 0.2) is 0 Å². The molecule has 19 heavy (non-hydrogen) atoms. The van der Waals surface area contributed by atoms with E-state index in [2.05, 4.69) is 19.2 Å². The molecule has 1 N–H and O–H groups in total. The van der Waals surface area contributed by atoms with Gasteiger partial charge in [0.2, 0.25) is 0 Å². The van der Waals surface area contributed by atoms with Crippen LogP contribution in [0.1, 0.15) is 39.5 Å². The van der Waals surface area contributed by atoms with E-state index in [0.717, 1.165) is 44.0 Å². The first-order chi connectivity index (χ1) is 9.13. The molecule has 0 radical (unpaired) electrons. The molecule has 0 aliphatic heterocycles. The van der Waals surface area contributed by atoms with Crippen LogP contribution in [-0.2, 0) is 0 Å². The Hall–Kier alpha value is -0.610. The normalized spacial score (nSPS) is 12.6. The Balaban J connectivity index is 2.13. The molecule has 0 aliphatic rings. The smallest absolute Gasteiger partial charge is 0.139 e. The monoisotopic (exact) mass is 287 g/mol. The molecule has 4 heteroatoms. The zero-order chi connectivity index (χ0) is 14.1. The molecule has 108 valence electrons. The van der Waals surface area contributed by atoms with E-state index in [0.29, 0.717) is 10.9 Å². The first-order valence-corrected chi connectivity index (χ1v) is 7.93. The topological polar surface area (TPSA) is 12.0 Å². The Morgan fingerprint density at radius 2 is 2.05 bits per heavy atom. The lowest BCUT2D eigenvalue weighted by atomic mass is 10.1. The van der Waals surface area contributed by atoms with Crippen molar-refractivity contribution in [2.75, 3.05) is 12.3 Å². The molecule has 0 aliphatic carbocycles. The van der Waals surface area contributed by atoms with Crippen molar-refractivity contribution in [2.24, 2.45) is 0 Å². The first kappa shape index (κ1) is 16.4. The van der Waals surface area contributed by atoms with Gasteiger partial charge in [-0.15, -0.1) is 11.8 Å². The van der Waals surface area contributed by atoms with E-state index in [1.54, 1.807) is 0 Å². The summed E-state index contributed by atoms with van der Waals surface area (Å²) in [5.74, 6) is -0.0936. The van der Waals surface area contributed by atoms with Crippen molar-refractivity contribution in [1.82, 2.24) is 5.32 Å². The highest BCUT2D eigenvalue weighted by molar-refractivity contribution is 7.99. The van der Waals surface area contributed by atoms with Gasteiger partial charge < -0.3 is 5.32 Å². The van der Waals surface area contributed by atoms with Crippen LogP contribution in [0.4, 0.5) is 8.78 Å². The summed E-state index contributed by atoms with van der Waals surface area (Å²) in [6.45, 7) is 5.42. The van der Waals surface area contributed by atoms with Crippen LogP contribution in [0.5, 0.6) is 0 Å². The van der Waals surface area contributed by atoms with E-state index < -0.39 is 11.6 Å². The maximum Gasteiger partial charge on any atom is 0.139 e. The third-order valence-corrected chi connectivity index (χ3v) is 4.06. The third-order valence-electron chi connectivity index (χ3n) is 2.93. The lowest BCUT2D eigenvalue weighted by Gasteiger charge is -2.12. The number of thioether (sulfide) groups is 1. The Kier molecular flexibility index (Phi) is 8.07. The number of hydrogen-bond donors (Lipinski definition) is 1. The summed E-state index contributed by atoms with van der Waals surface area (Å²) in [7, 11) is 0. The standard InChI is InChI=1S/C15H23F2NS/c1-3-9-18-12(2)6-4-5-10-19-15-8-7-13(16)11-14(15)17/h7-8,11-12,18H,3-6,9-10H2,1-2H3. The van der Waals surface area contributed by atoms with Crippen molar-refractivity contribution >= 4 is 11.8 Å². The van der Waals surface area contributed by atoms with Gasteiger partial charge >= 0.3 is 0 Å². The Morgan fingerprint density at radius 3 is 2.74 bits per heavy atom. The van der Waals surface area contributed by atoms with Gasteiger partial charge in [-0.1, -0.05) is 13.3 Å². The van der Waals surface area contributed by atoms with Crippen LogP contribution in [-0.4, -0.2) is 18.3 Å². The molecular weight excluding hydrogens is 264 g/mol. The largest absolute Gasteiger partial charge is 0.314 e. The van der Waals surface area contributed by atoms with E-state index in [-0.39, 0.29) is 0 Å². The van der Waals surface area contributed by atoms with Gasteiger partial charge in [-0.25, -0.2) is 8.78 Å². The SMILES string of the molecule is CCCNC(C)CCCCSc1ccc(F)cc1F. The van der Waals surface area contributed by atoms with Crippen LogP contribution in [0.2, 0.25) is 0 Å². The quantitative estimate of drug-likeness (QED) is 0.525. The van der Waals surface area contributed by atoms with E-state index in [4.69, 9.17) is 0 Å². The van der Waals surface area contributed by atoms with Crippen LogP contribution >= 0.6 is 11.8 Å². The van der Waals surface area contributed by atoms with Crippen molar-refractivity contribution in [3.8, 4) is 0 Å². The fourth-order valence-corrected chi connectivity index (χ4v) is 2.75. The lowest BCUT2D eigenvalue weighted by molar-refractivity contribution is 0.496. The highest BCUT2D eigenvalue weighted by atomic mass is 32.2. The molecule has 1 aromatic rings. The number of benzene rings is 1. The van der Waals surface area contributed by atoms with Gasteiger partial charge in [-0.05, 0) is 50.6 Å². The molecule has 1 rings (SSSR count). The molecule has 0 bridgehead atoms. The van der Waals surface area contributed by atoms with Gasteiger partial charge in [-0.3, -0.25) is 0 Å². The van der Waals surface area contributed by atoms with Gasteiger partial charge in [0.1, 0.15) is 11.6 Å². The van der Waals surface area contributed by atoms with Crippen LogP contribution < -0.4 is 5.32 Å². The number of nitrogens with one attached hydrogen (secondary N) is 1. The van der Waals surface area contributed by atoms with E-state index in [1.165, 1.54) is 23.9 Å². The highest BCUT2D eigenvalue weighted by Crippen LogP contribution is 2.23. The lowest BCUT2D eigenvalue weighted by Crippen LogP contribution is -2.26. The summed E-state index contributed by atoms with van der Waals surface area (Å²) >= 11 is 1.46. The number of hydrogen-bond acceptors (Lipinski definition) is 2. The minimum Gasteiger partial charge on any atom is -0.314 e. The molecule has 0 saturated carbocycles. The van der Waals surface area contributed by atoms with Crippen LogP contribution in [0.25, 0.3) is 0 Å². The minimum absolute atomic E-state index is 0.456. The minimum atomic E-state index is -0.516. The summed E-state index contributed by atoms with van der Waals surface area (Å²) in [6.07, 6.45) is 4.49. The molecule has 0 fully saturated rings. The zero-order valence-electron chi connectivity index (χ0n) is 11.7. The predicted molar refractivity (Wildman–Crippen MR) is 78.7 cm³/mol. The van der Waals surface area contributed by atoms with Gasteiger partial charge in [0, 0.05) is 17.0 Å². The number of halogens is 2. The second kappa shape index (κ2) is 9.32. The summed E-state index contributed by atoms with van der Waals surface area (Å²) in [5, 5.41) is 3.45. The fraction of sp³-hybridized carbons (Fsp3) is 0.600. The first-order valence-electron chi connectivity index (χ1n) is 6.94. The van der Waals surface area contributed by atoms with Gasteiger partial charge in [0.25, 0.3) is 0 Å². The molecule has 0 heterocycles. The van der Waals surface area contributed by atoms with E-state index in [1.807, 2.05) is 0 Å². The second-order valence-corrected chi connectivity index (χ2v) is 5.91. The molecule has 0 amide bonds. The van der Waals surface area contributed by atoms with Gasteiger partial charge in [-0.2, -0.15) is 0 Å². The van der Waals surface area contributed by atoms with Crippen molar-refractivity contribution < 1.29 is 8.78 Å². The van der Waals surface area contributed by atoms with Crippen molar-refractivity contribution in [1.29, 1.82) is 0 Å². The molecule has 0 spiro atoms. The Bertz CT molecular complexity index is 371. The van der Waals surface area contributed by atoms with Crippen molar-refractivity contribution in [3.63, 3.8) is 0 Å². The van der Waals surface area contributed by atoms with Crippen molar-refractivity contribution in [3.05, 3.63) is 29.8 Å². The molecule has 0 aromatic heterocycles. The van der Waals surface area contributed by atoms with Crippen LogP contribution in [0.3, 0.4) is 0 Å². The second-order valence-electron chi connectivity index (χ2n) is 4.77. The average Bonchev–Trinajstić information content (AvgIpc) is 2.38. The van der Waals surface area contributed by atoms with E-state index in [9.17, 15) is 8.78 Å². The highest BCUT2D eigenvalue weighted by Gasteiger charge is 2.04. The molecule has 1 atom stereocenters. The zero-order valence-corrected chi connectivity index (χ0v) is 12.5. The Labute approximate surface area is 119 Å². The Morgan fingerprint density at radius 1 is 1.26 bits per heavy atom. The average molecular weight is 287 g/mol. The summed E-state index contributed by atoms with van der Waals surface area (Å²) in [5.41, 5.74) is 0. The third kappa shape index (κ3) is 6.92. The molecule has 0 saturated heterocycles. The van der Waals surface area contributed by atoms with Crippen LogP contribution in [0.15, 0.2) is 23.1 Å². The molecule has 1 nitrogen and oxygen atoms in total. The predicted octanol–water partition coefficient (Wildman–Crippen LogP) is 4.62. The van der Waals surface area contributed by atoms with Crippen LogP contribution in [0, 0.1) is 11.6 Å². The van der Waals surface area contributed by atoms with Gasteiger partial charge in [0.05, 0.1) is 0 Å². The van der Waals surface area contributed by atoms with Crippen molar-refractivity contribution in [2.45, 2.75) is 50.5 Å². The maximum atomic E-state index is 13.4. The maximum absolute atomic E-state index is 13.4.